The molecule has 0 aliphatic carbocycles. The van der Waals surface area contributed by atoms with E-state index in [2.05, 4.69) is 0 Å². The van der Waals surface area contributed by atoms with Crippen LogP contribution in [0.3, 0.4) is 0 Å². The molecule has 0 aromatic heterocycles. The number of para-hydroxylation sites is 1. The van der Waals surface area contributed by atoms with Gasteiger partial charge in [-0.1, -0.05) is 33.7 Å². The molecule has 0 spiro atoms. The fourth-order valence-electron chi connectivity index (χ4n) is 0.617. The highest BCUT2D eigenvalue weighted by Crippen LogP contribution is 2.34. The zero-order valence-corrected chi connectivity index (χ0v) is 7.21. The minimum Gasteiger partial charge on any atom is -0.507 e. The van der Waals surface area contributed by atoms with E-state index in [9.17, 15) is 5.11 Å². The molecule has 3 heteroatoms. The quantitative estimate of drug-likeness (QED) is 0.693. The summed E-state index contributed by atoms with van der Waals surface area (Å²) in [5, 5.41) is 9.21. The molecule has 0 aliphatic heterocycles. The summed E-state index contributed by atoms with van der Waals surface area (Å²) in [7, 11) is 3.19. The van der Waals surface area contributed by atoms with Crippen molar-refractivity contribution in [2.24, 2.45) is 0 Å². The van der Waals surface area contributed by atoms with Crippen LogP contribution in [-0.2, 0) is 0 Å². The molecular formula is C7H8OS2. The van der Waals surface area contributed by atoms with E-state index >= 15 is 0 Å². The fraction of sp³-hybridized carbons (Fsp3) is 0.143. The summed E-state index contributed by atoms with van der Waals surface area (Å²) in [6.07, 6.45) is 1.98. The van der Waals surface area contributed by atoms with Crippen molar-refractivity contribution in [3.63, 3.8) is 0 Å². The Morgan fingerprint density at radius 3 is 2.60 bits per heavy atom. The second-order valence-electron chi connectivity index (χ2n) is 1.72. The van der Waals surface area contributed by atoms with Crippen LogP contribution in [0, 0.1) is 0 Å². The first kappa shape index (κ1) is 7.82. The van der Waals surface area contributed by atoms with Crippen molar-refractivity contribution < 1.29 is 5.11 Å². The van der Waals surface area contributed by atoms with Gasteiger partial charge in [0.1, 0.15) is 5.75 Å². The van der Waals surface area contributed by atoms with Crippen molar-refractivity contribution in [3.05, 3.63) is 24.3 Å². The van der Waals surface area contributed by atoms with E-state index < -0.39 is 0 Å². The predicted octanol–water partition coefficient (Wildman–Crippen LogP) is 2.76. The molecule has 0 fully saturated rings. The highest BCUT2D eigenvalue weighted by atomic mass is 33.1. The molecule has 54 valence electrons. The Bertz CT molecular complexity index is 213. The first-order valence-corrected chi connectivity index (χ1v) is 5.39. The maximum Gasteiger partial charge on any atom is 0.129 e. The molecule has 1 nitrogen and oxygen atoms in total. The third-order valence-electron chi connectivity index (χ3n) is 1.04. The highest BCUT2D eigenvalue weighted by molar-refractivity contribution is 8.76. The Labute approximate surface area is 68.2 Å². The molecule has 10 heavy (non-hydrogen) atoms. The molecule has 1 aromatic carbocycles. The predicted molar refractivity (Wildman–Crippen MR) is 47.5 cm³/mol. The van der Waals surface area contributed by atoms with Crippen molar-refractivity contribution in [1.82, 2.24) is 0 Å². The largest absolute Gasteiger partial charge is 0.507 e. The minimum absolute atomic E-state index is 0.363. The number of hydrogen-bond acceptors (Lipinski definition) is 3. The number of aromatic hydroxyl groups is 1. The van der Waals surface area contributed by atoms with E-state index in [0.29, 0.717) is 5.75 Å². The Morgan fingerprint density at radius 1 is 1.30 bits per heavy atom. The number of rotatable bonds is 2. The van der Waals surface area contributed by atoms with Crippen molar-refractivity contribution in [2.75, 3.05) is 6.26 Å². The number of phenols is 1. The minimum atomic E-state index is 0.363. The van der Waals surface area contributed by atoms with Crippen LogP contribution in [0.1, 0.15) is 0 Å². The van der Waals surface area contributed by atoms with E-state index in [1.54, 1.807) is 27.7 Å². The molecule has 0 unspecified atom stereocenters. The molecule has 0 amide bonds. The Hall–Kier alpha value is -0.280. The topological polar surface area (TPSA) is 20.2 Å². The molecule has 0 saturated heterocycles. The van der Waals surface area contributed by atoms with Gasteiger partial charge in [-0.3, -0.25) is 0 Å². The maximum absolute atomic E-state index is 9.21. The normalized spacial score (nSPS) is 9.70. The van der Waals surface area contributed by atoms with Crippen LogP contribution in [0.15, 0.2) is 29.2 Å². The summed E-state index contributed by atoms with van der Waals surface area (Å²) in [4.78, 5) is 0.926. The van der Waals surface area contributed by atoms with Crippen molar-refractivity contribution in [2.45, 2.75) is 4.90 Å². The Kier molecular flexibility index (Phi) is 2.96. The number of benzene rings is 1. The maximum atomic E-state index is 9.21. The van der Waals surface area contributed by atoms with E-state index in [1.165, 1.54) is 0 Å². The number of phenolic OH excluding ortho intramolecular Hbond substituents is 1. The summed E-state index contributed by atoms with van der Waals surface area (Å²) < 4.78 is 0. The molecule has 0 heterocycles. The third kappa shape index (κ3) is 1.85. The monoisotopic (exact) mass is 172 g/mol. The van der Waals surface area contributed by atoms with E-state index in [-0.39, 0.29) is 0 Å². The summed E-state index contributed by atoms with van der Waals surface area (Å²) in [5.41, 5.74) is 0. The standard InChI is InChI=1S/C7H8OS2/c1-9-10-7-5-3-2-4-6(7)8/h2-5,8H,1H3. The lowest BCUT2D eigenvalue weighted by Gasteiger charge is -1.98. The van der Waals surface area contributed by atoms with Gasteiger partial charge in [0.2, 0.25) is 0 Å². The lowest BCUT2D eigenvalue weighted by atomic mass is 10.3. The molecule has 0 bridgehead atoms. The summed E-state index contributed by atoms with van der Waals surface area (Å²) in [5.74, 6) is 0.363. The van der Waals surface area contributed by atoms with Crippen LogP contribution < -0.4 is 0 Å². The zero-order chi connectivity index (χ0) is 7.40. The summed E-state index contributed by atoms with van der Waals surface area (Å²) >= 11 is 0. The third-order valence-corrected chi connectivity index (χ3v) is 2.77. The second kappa shape index (κ2) is 3.78. The van der Waals surface area contributed by atoms with Gasteiger partial charge < -0.3 is 5.11 Å². The Balaban J connectivity index is 2.81. The van der Waals surface area contributed by atoms with Gasteiger partial charge in [0.25, 0.3) is 0 Å². The smallest absolute Gasteiger partial charge is 0.129 e. The van der Waals surface area contributed by atoms with E-state index in [0.717, 1.165) is 4.90 Å². The van der Waals surface area contributed by atoms with Gasteiger partial charge in [-0.05, 0) is 18.4 Å². The summed E-state index contributed by atoms with van der Waals surface area (Å²) in [6.45, 7) is 0. The van der Waals surface area contributed by atoms with Crippen LogP contribution in [0.5, 0.6) is 5.75 Å². The van der Waals surface area contributed by atoms with Gasteiger partial charge in [-0.2, -0.15) is 0 Å². The van der Waals surface area contributed by atoms with Crippen molar-refractivity contribution in [1.29, 1.82) is 0 Å². The van der Waals surface area contributed by atoms with Gasteiger partial charge in [0.15, 0.2) is 0 Å². The lowest BCUT2D eigenvalue weighted by molar-refractivity contribution is 0.462. The second-order valence-corrected chi connectivity index (χ2v) is 4.16. The lowest BCUT2D eigenvalue weighted by Crippen LogP contribution is -1.67. The molecule has 0 atom stereocenters. The van der Waals surface area contributed by atoms with Crippen molar-refractivity contribution in [3.8, 4) is 5.75 Å². The van der Waals surface area contributed by atoms with E-state index in [1.807, 2.05) is 24.5 Å². The SMILES string of the molecule is CSSc1ccccc1O. The molecular weight excluding hydrogens is 164 g/mol. The number of hydrogen-bond donors (Lipinski definition) is 1. The van der Waals surface area contributed by atoms with Crippen LogP contribution in [-0.4, -0.2) is 11.4 Å². The van der Waals surface area contributed by atoms with Gasteiger partial charge in [-0.25, -0.2) is 0 Å². The molecule has 1 N–H and O–H groups in total. The first-order valence-electron chi connectivity index (χ1n) is 2.83. The van der Waals surface area contributed by atoms with E-state index in [4.69, 9.17) is 0 Å². The molecule has 0 saturated carbocycles. The van der Waals surface area contributed by atoms with Crippen LogP contribution in [0.4, 0.5) is 0 Å². The Morgan fingerprint density at radius 2 is 2.00 bits per heavy atom. The molecule has 0 aliphatic rings. The average Bonchev–Trinajstić information content (AvgIpc) is 1.94. The van der Waals surface area contributed by atoms with Gasteiger partial charge in [0, 0.05) is 0 Å². The van der Waals surface area contributed by atoms with Gasteiger partial charge in [-0.15, -0.1) is 0 Å². The van der Waals surface area contributed by atoms with Crippen LogP contribution in [0.2, 0.25) is 0 Å². The van der Waals surface area contributed by atoms with Gasteiger partial charge in [0.05, 0.1) is 4.90 Å². The van der Waals surface area contributed by atoms with Crippen LogP contribution >= 0.6 is 21.6 Å². The van der Waals surface area contributed by atoms with Crippen molar-refractivity contribution >= 4 is 21.6 Å². The average molecular weight is 172 g/mol. The molecule has 1 rings (SSSR count). The highest BCUT2D eigenvalue weighted by Gasteiger charge is 1.96. The summed E-state index contributed by atoms with van der Waals surface area (Å²) in [6, 6.07) is 7.33. The van der Waals surface area contributed by atoms with Crippen LogP contribution in [0.25, 0.3) is 0 Å². The zero-order valence-electron chi connectivity index (χ0n) is 5.57. The van der Waals surface area contributed by atoms with Gasteiger partial charge >= 0.3 is 0 Å². The molecule has 0 radical (unpaired) electrons. The first-order chi connectivity index (χ1) is 4.84. The fourth-order valence-corrected chi connectivity index (χ4v) is 2.05. The molecule has 1 aromatic rings.